The molecule has 0 bridgehead atoms. The molecular weight excluding hydrogens is 276 g/mol. The first-order valence-electron chi connectivity index (χ1n) is 6.63. The van der Waals surface area contributed by atoms with E-state index in [4.69, 9.17) is 9.84 Å². The number of rotatable bonds is 3. The van der Waals surface area contributed by atoms with E-state index in [1.807, 2.05) is 0 Å². The molecule has 1 aliphatic heterocycles. The van der Waals surface area contributed by atoms with Crippen LogP contribution in [-0.2, 0) is 4.74 Å². The molecule has 0 aromatic carbocycles. The van der Waals surface area contributed by atoms with Crippen molar-refractivity contribution in [3.63, 3.8) is 0 Å². The van der Waals surface area contributed by atoms with E-state index in [0.29, 0.717) is 12.3 Å². The molecule has 3 heterocycles. The fourth-order valence-corrected chi connectivity index (χ4v) is 2.26. The molecule has 0 radical (unpaired) electrons. The number of aromatic nitrogens is 4. The molecule has 1 saturated heterocycles. The van der Waals surface area contributed by atoms with Gasteiger partial charge in [0.1, 0.15) is 6.23 Å². The molecule has 1 aliphatic rings. The molecule has 1 unspecified atom stereocenters. The van der Waals surface area contributed by atoms with Crippen LogP contribution in [0, 0.1) is 0 Å². The lowest BCUT2D eigenvalue weighted by molar-refractivity contribution is -0.0394. The Bertz CT molecular complexity index is 715. The van der Waals surface area contributed by atoms with Crippen molar-refractivity contribution in [1.29, 1.82) is 0 Å². The summed E-state index contributed by atoms with van der Waals surface area (Å²) in [5.41, 5.74) is -0.126. The van der Waals surface area contributed by atoms with Gasteiger partial charge in [-0.25, -0.2) is 14.5 Å². The third kappa shape index (κ3) is 2.70. The largest absolute Gasteiger partial charge is 0.476 e. The molecule has 110 valence electrons. The van der Waals surface area contributed by atoms with Gasteiger partial charge in [0.25, 0.3) is 5.56 Å². The molecular formula is C13H14N4O4. The Balaban J connectivity index is 1.94. The van der Waals surface area contributed by atoms with Gasteiger partial charge in [-0.1, -0.05) is 0 Å². The van der Waals surface area contributed by atoms with Gasteiger partial charge in [-0.15, -0.1) is 0 Å². The number of nitrogens with zero attached hydrogens (tertiary/aromatic N) is 4. The summed E-state index contributed by atoms with van der Waals surface area (Å²) in [6.45, 7) is 0.693. The molecule has 0 aliphatic carbocycles. The molecule has 2 aromatic rings. The second-order valence-corrected chi connectivity index (χ2v) is 4.79. The normalized spacial score (nSPS) is 18.6. The van der Waals surface area contributed by atoms with E-state index < -0.39 is 11.5 Å². The van der Waals surface area contributed by atoms with E-state index in [1.54, 1.807) is 10.9 Å². The molecule has 3 rings (SSSR count). The zero-order chi connectivity index (χ0) is 14.8. The van der Waals surface area contributed by atoms with E-state index in [-0.39, 0.29) is 11.9 Å². The first-order chi connectivity index (χ1) is 10.1. The fourth-order valence-electron chi connectivity index (χ4n) is 2.26. The lowest BCUT2D eigenvalue weighted by Crippen LogP contribution is -2.20. The lowest BCUT2D eigenvalue weighted by atomic mass is 10.2. The van der Waals surface area contributed by atoms with Crippen LogP contribution in [-0.4, -0.2) is 37.0 Å². The molecule has 1 atom stereocenters. The van der Waals surface area contributed by atoms with Crippen LogP contribution in [0.3, 0.4) is 0 Å². The van der Waals surface area contributed by atoms with Gasteiger partial charge < -0.3 is 9.84 Å². The van der Waals surface area contributed by atoms with Crippen LogP contribution in [0.5, 0.6) is 0 Å². The van der Waals surface area contributed by atoms with Crippen LogP contribution in [0.2, 0.25) is 0 Å². The Morgan fingerprint density at radius 1 is 1.33 bits per heavy atom. The smallest absolute Gasteiger partial charge is 0.356 e. The number of aromatic carboxylic acids is 1. The summed E-state index contributed by atoms with van der Waals surface area (Å²) in [5, 5.41) is 13.1. The second-order valence-electron chi connectivity index (χ2n) is 4.79. The maximum Gasteiger partial charge on any atom is 0.356 e. The van der Waals surface area contributed by atoms with E-state index in [2.05, 4.69) is 10.1 Å². The van der Waals surface area contributed by atoms with Crippen LogP contribution in [0.25, 0.3) is 5.69 Å². The number of carbonyl (C=O) groups is 1. The van der Waals surface area contributed by atoms with Gasteiger partial charge in [0.2, 0.25) is 0 Å². The van der Waals surface area contributed by atoms with Gasteiger partial charge in [-0.2, -0.15) is 5.10 Å². The Labute approximate surface area is 119 Å². The van der Waals surface area contributed by atoms with Crippen molar-refractivity contribution in [2.75, 3.05) is 6.61 Å². The molecule has 1 fully saturated rings. The average molecular weight is 290 g/mol. The standard InChI is InChI=1S/C13H14N4O4/c18-11-6-14-10(13(19)20)8-16(11)9-5-15-17(7-9)12-3-1-2-4-21-12/h5-8,12H,1-4H2,(H,19,20). The van der Waals surface area contributed by atoms with E-state index in [1.165, 1.54) is 17.0 Å². The summed E-state index contributed by atoms with van der Waals surface area (Å²) in [7, 11) is 0. The van der Waals surface area contributed by atoms with Crippen LogP contribution in [0.4, 0.5) is 0 Å². The Morgan fingerprint density at radius 3 is 2.90 bits per heavy atom. The van der Waals surface area contributed by atoms with Gasteiger partial charge in [-0.05, 0) is 19.3 Å². The van der Waals surface area contributed by atoms with Crippen LogP contribution < -0.4 is 5.56 Å². The van der Waals surface area contributed by atoms with E-state index in [9.17, 15) is 9.59 Å². The molecule has 21 heavy (non-hydrogen) atoms. The predicted octanol–water partition coefficient (Wildman–Crippen LogP) is 0.826. The molecule has 0 spiro atoms. The second kappa shape index (κ2) is 5.49. The van der Waals surface area contributed by atoms with Gasteiger partial charge in [0.15, 0.2) is 5.69 Å². The Hall–Kier alpha value is -2.48. The summed E-state index contributed by atoms with van der Waals surface area (Å²) >= 11 is 0. The maximum atomic E-state index is 11.8. The molecule has 8 heteroatoms. The summed E-state index contributed by atoms with van der Waals surface area (Å²) in [6, 6.07) is 0. The van der Waals surface area contributed by atoms with Gasteiger partial charge in [0.05, 0.1) is 24.3 Å². The lowest BCUT2D eigenvalue weighted by Gasteiger charge is -2.22. The number of hydrogen-bond acceptors (Lipinski definition) is 5. The highest BCUT2D eigenvalue weighted by molar-refractivity contribution is 5.84. The molecule has 2 aromatic heterocycles. The molecule has 8 nitrogen and oxygen atoms in total. The first kappa shape index (κ1) is 13.5. The van der Waals surface area contributed by atoms with Crippen molar-refractivity contribution >= 4 is 5.97 Å². The minimum Gasteiger partial charge on any atom is -0.476 e. The number of hydrogen-bond donors (Lipinski definition) is 1. The summed E-state index contributed by atoms with van der Waals surface area (Å²) < 4.78 is 8.48. The topological polar surface area (TPSA) is 99.2 Å². The quantitative estimate of drug-likeness (QED) is 0.898. The Kier molecular flexibility index (Phi) is 3.53. The number of ether oxygens (including phenoxy) is 1. The minimum absolute atomic E-state index is 0.135. The van der Waals surface area contributed by atoms with Crippen molar-refractivity contribution in [3.8, 4) is 5.69 Å². The molecule has 0 saturated carbocycles. The Morgan fingerprint density at radius 2 is 2.19 bits per heavy atom. The van der Waals surface area contributed by atoms with Crippen LogP contribution in [0.1, 0.15) is 36.0 Å². The fraction of sp³-hybridized carbons (Fsp3) is 0.385. The maximum absolute atomic E-state index is 11.8. The van der Waals surface area contributed by atoms with Crippen LogP contribution in [0.15, 0.2) is 29.6 Å². The van der Waals surface area contributed by atoms with E-state index in [0.717, 1.165) is 25.5 Å². The van der Waals surface area contributed by atoms with Crippen molar-refractivity contribution in [1.82, 2.24) is 19.3 Å². The highest BCUT2D eigenvalue weighted by atomic mass is 16.5. The SMILES string of the molecule is O=C(O)c1cn(-c2cnn(C3CCCCO3)c2)c(=O)cn1. The number of carboxylic acid groups (broad SMARTS) is 1. The summed E-state index contributed by atoms with van der Waals surface area (Å²) in [4.78, 5) is 26.3. The van der Waals surface area contributed by atoms with Crippen molar-refractivity contribution in [2.45, 2.75) is 25.5 Å². The molecule has 1 N–H and O–H groups in total. The van der Waals surface area contributed by atoms with Crippen molar-refractivity contribution < 1.29 is 14.6 Å². The zero-order valence-electron chi connectivity index (χ0n) is 11.2. The highest BCUT2D eigenvalue weighted by Gasteiger charge is 2.17. The first-order valence-corrected chi connectivity index (χ1v) is 6.63. The van der Waals surface area contributed by atoms with Crippen molar-refractivity contribution in [2.24, 2.45) is 0 Å². The number of carboxylic acids is 1. The molecule has 0 amide bonds. The zero-order valence-corrected chi connectivity index (χ0v) is 11.2. The van der Waals surface area contributed by atoms with Gasteiger partial charge in [-0.3, -0.25) is 9.36 Å². The predicted molar refractivity (Wildman–Crippen MR) is 71.4 cm³/mol. The van der Waals surface area contributed by atoms with Crippen molar-refractivity contribution in [3.05, 3.63) is 40.8 Å². The summed E-state index contributed by atoms with van der Waals surface area (Å²) in [5.74, 6) is -1.19. The third-order valence-corrected chi connectivity index (χ3v) is 3.34. The summed E-state index contributed by atoms with van der Waals surface area (Å²) in [6.07, 6.45) is 8.19. The van der Waals surface area contributed by atoms with Gasteiger partial charge >= 0.3 is 5.97 Å². The highest BCUT2D eigenvalue weighted by Crippen LogP contribution is 2.22. The van der Waals surface area contributed by atoms with Crippen LogP contribution >= 0.6 is 0 Å². The van der Waals surface area contributed by atoms with E-state index >= 15 is 0 Å². The minimum atomic E-state index is -1.19. The van der Waals surface area contributed by atoms with Gasteiger partial charge in [0, 0.05) is 12.8 Å². The third-order valence-electron chi connectivity index (χ3n) is 3.34. The average Bonchev–Trinajstić information content (AvgIpc) is 2.98. The monoisotopic (exact) mass is 290 g/mol.